The Morgan fingerprint density at radius 2 is 1.81 bits per heavy atom. The van der Waals surface area contributed by atoms with Crippen LogP contribution in [0.4, 0.5) is 8.78 Å². The lowest BCUT2D eigenvalue weighted by Gasteiger charge is -2.41. The van der Waals surface area contributed by atoms with E-state index in [1.54, 1.807) is 0 Å². The maximum absolute atomic E-state index is 13.6. The van der Waals surface area contributed by atoms with Gasteiger partial charge in [0.25, 0.3) is 5.91 Å². The maximum atomic E-state index is 13.6. The first-order chi connectivity index (χ1) is 12.4. The summed E-state index contributed by atoms with van der Waals surface area (Å²) in [5, 5.41) is 11.8. The van der Waals surface area contributed by atoms with Gasteiger partial charge in [-0.25, -0.2) is 8.78 Å². The summed E-state index contributed by atoms with van der Waals surface area (Å²) in [6, 6.07) is 8.96. The number of benzene rings is 2. The van der Waals surface area contributed by atoms with Crippen LogP contribution in [0.25, 0.3) is 0 Å². The van der Waals surface area contributed by atoms with Gasteiger partial charge in [-0.05, 0) is 55.7 Å². The van der Waals surface area contributed by atoms with Crippen molar-refractivity contribution in [1.29, 1.82) is 0 Å². The van der Waals surface area contributed by atoms with Crippen molar-refractivity contribution < 1.29 is 28.2 Å². The Kier molecular flexibility index (Phi) is 4.88. The highest BCUT2D eigenvalue weighted by atomic mass is 19.1. The molecule has 1 aliphatic carbocycles. The standard InChI is InChI=1S/C19H17F2NO4/c20-13-4-7-16(15(21)10-13)26-14-5-2-12(3-6-14)18(25)22-19(8-1-9-19)11-17(23)24/h2-7,10H,1,8-9,11H2,(H,22,25)(H,23,24). The van der Waals surface area contributed by atoms with Crippen LogP contribution in [-0.4, -0.2) is 22.5 Å². The third kappa shape index (κ3) is 3.99. The average Bonchev–Trinajstić information content (AvgIpc) is 2.55. The van der Waals surface area contributed by atoms with Crippen molar-refractivity contribution in [3.8, 4) is 11.5 Å². The van der Waals surface area contributed by atoms with E-state index in [-0.39, 0.29) is 23.8 Å². The molecule has 0 unspecified atom stereocenters. The second-order valence-corrected chi connectivity index (χ2v) is 6.36. The summed E-state index contributed by atoms with van der Waals surface area (Å²) in [6.45, 7) is 0. The van der Waals surface area contributed by atoms with Crippen LogP contribution >= 0.6 is 0 Å². The SMILES string of the molecule is O=C(O)CC1(NC(=O)c2ccc(Oc3ccc(F)cc3F)cc2)CCC1. The molecule has 0 spiro atoms. The van der Waals surface area contributed by atoms with Crippen molar-refractivity contribution in [2.75, 3.05) is 0 Å². The smallest absolute Gasteiger partial charge is 0.305 e. The number of ether oxygens (including phenoxy) is 1. The van der Waals surface area contributed by atoms with Gasteiger partial charge in [0.05, 0.1) is 12.0 Å². The van der Waals surface area contributed by atoms with Crippen LogP contribution in [0.1, 0.15) is 36.0 Å². The molecule has 1 aliphatic rings. The van der Waals surface area contributed by atoms with Crippen LogP contribution in [0.2, 0.25) is 0 Å². The molecular weight excluding hydrogens is 344 g/mol. The van der Waals surface area contributed by atoms with Crippen LogP contribution in [0.5, 0.6) is 11.5 Å². The van der Waals surface area contributed by atoms with Crippen LogP contribution in [0.3, 0.4) is 0 Å². The Balaban J connectivity index is 1.67. The fourth-order valence-electron chi connectivity index (χ4n) is 2.91. The zero-order chi connectivity index (χ0) is 18.7. The monoisotopic (exact) mass is 361 g/mol. The fourth-order valence-corrected chi connectivity index (χ4v) is 2.91. The summed E-state index contributed by atoms with van der Waals surface area (Å²) in [6.07, 6.45) is 2.04. The minimum Gasteiger partial charge on any atom is -0.481 e. The topological polar surface area (TPSA) is 75.6 Å². The minimum atomic E-state index is -0.949. The van der Waals surface area contributed by atoms with Crippen molar-refractivity contribution in [3.63, 3.8) is 0 Å². The molecule has 1 saturated carbocycles. The summed E-state index contributed by atoms with van der Waals surface area (Å²) in [7, 11) is 0. The summed E-state index contributed by atoms with van der Waals surface area (Å²) in [5.74, 6) is -2.68. The average molecular weight is 361 g/mol. The van der Waals surface area contributed by atoms with Crippen molar-refractivity contribution in [2.45, 2.75) is 31.2 Å². The molecule has 1 fully saturated rings. The molecule has 0 atom stereocenters. The number of carbonyl (C=O) groups is 2. The number of hydrogen-bond acceptors (Lipinski definition) is 3. The Morgan fingerprint density at radius 3 is 2.35 bits per heavy atom. The van der Waals surface area contributed by atoms with Crippen molar-refractivity contribution >= 4 is 11.9 Å². The number of hydrogen-bond donors (Lipinski definition) is 2. The third-order valence-electron chi connectivity index (χ3n) is 4.42. The zero-order valence-electron chi connectivity index (χ0n) is 13.8. The number of carboxylic acid groups (broad SMARTS) is 1. The van der Waals surface area contributed by atoms with Gasteiger partial charge in [0.2, 0.25) is 0 Å². The van der Waals surface area contributed by atoms with E-state index in [1.165, 1.54) is 30.3 Å². The molecule has 0 saturated heterocycles. The van der Waals surface area contributed by atoms with Crippen molar-refractivity contribution in [1.82, 2.24) is 5.32 Å². The Morgan fingerprint density at radius 1 is 1.12 bits per heavy atom. The zero-order valence-corrected chi connectivity index (χ0v) is 13.8. The van der Waals surface area contributed by atoms with E-state index in [0.717, 1.165) is 18.6 Å². The molecule has 3 rings (SSSR count). The number of aliphatic carboxylic acids is 1. The molecule has 0 heterocycles. The molecule has 0 radical (unpaired) electrons. The first-order valence-corrected chi connectivity index (χ1v) is 8.14. The molecule has 2 N–H and O–H groups in total. The predicted octanol–water partition coefficient (Wildman–Crippen LogP) is 3.88. The molecule has 2 aromatic carbocycles. The maximum Gasteiger partial charge on any atom is 0.305 e. The Bertz CT molecular complexity index is 832. The molecule has 7 heteroatoms. The number of rotatable bonds is 6. The van der Waals surface area contributed by atoms with E-state index in [0.29, 0.717) is 18.4 Å². The van der Waals surface area contributed by atoms with E-state index in [4.69, 9.17) is 9.84 Å². The molecule has 0 aromatic heterocycles. The number of carboxylic acids is 1. The first kappa shape index (κ1) is 17.8. The van der Waals surface area contributed by atoms with Crippen molar-refractivity contribution in [3.05, 3.63) is 59.7 Å². The van der Waals surface area contributed by atoms with E-state index < -0.39 is 23.1 Å². The van der Waals surface area contributed by atoms with Gasteiger partial charge in [0.15, 0.2) is 11.6 Å². The van der Waals surface area contributed by atoms with E-state index >= 15 is 0 Å². The lowest BCUT2D eigenvalue weighted by atomic mass is 9.74. The normalized spacial score (nSPS) is 15.0. The molecule has 0 aliphatic heterocycles. The van der Waals surface area contributed by atoms with Crippen LogP contribution in [0.15, 0.2) is 42.5 Å². The van der Waals surface area contributed by atoms with Gasteiger partial charge in [-0.1, -0.05) is 0 Å². The number of carbonyl (C=O) groups excluding carboxylic acids is 1. The van der Waals surface area contributed by atoms with Gasteiger partial charge in [-0.3, -0.25) is 9.59 Å². The van der Waals surface area contributed by atoms with Gasteiger partial charge < -0.3 is 15.2 Å². The fraction of sp³-hybridized carbons (Fsp3) is 0.263. The second-order valence-electron chi connectivity index (χ2n) is 6.36. The van der Waals surface area contributed by atoms with Crippen LogP contribution < -0.4 is 10.1 Å². The number of amides is 1. The second kappa shape index (κ2) is 7.11. The van der Waals surface area contributed by atoms with Crippen molar-refractivity contribution in [2.24, 2.45) is 0 Å². The minimum absolute atomic E-state index is 0.107. The Hall–Kier alpha value is -2.96. The summed E-state index contributed by atoms with van der Waals surface area (Å²) in [4.78, 5) is 23.3. The molecule has 1 amide bonds. The summed E-state index contributed by atoms with van der Waals surface area (Å²) in [5.41, 5.74) is -0.344. The van der Waals surface area contributed by atoms with E-state index in [2.05, 4.69) is 5.32 Å². The lowest BCUT2D eigenvalue weighted by Crippen LogP contribution is -2.54. The van der Waals surface area contributed by atoms with Crippen LogP contribution in [-0.2, 0) is 4.79 Å². The number of nitrogens with one attached hydrogen (secondary N) is 1. The van der Waals surface area contributed by atoms with Gasteiger partial charge >= 0.3 is 5.97 Å². The molecule has 5 nitrogen and oxygen atoms in total. The molecule has 2 aromatic rings. The Labute approximate surface area is 148 Å². The van der Waals surface area contributed by atoms with Crippen LogP contribution in [0, 0.1) is 11.6 Å². The highest BCUT2D eigenvalue weighted by Gasteiger charge is 2.40. The molecule has 136 valence electrons. The van der Waals surface area contributed by atoms with Gasteiger partial charge in [-0.2, -0.15) is 0 Å². The quantitative estimate of drug-likeness (QED) is 0.819. The highest BCUT2D eigenvalue weighted by molar-refractivity contribution is 5.95. The summed E-state index contributed by atoms with van der Waals surface area (Å²) < 4.78 is 31.8. The molecular formula is C19H17F2NO4. The predicted molar refractivity (Wildman–Crippen MR) is 89.2 cm³/mol. The highest BCUT2D eigenvalue weighted by Crippen LogP contribution is 2.35. The lowest BCUT2D eigenvalue weighted by molar-refractivity contribution is -0.139. The van der Waals surface area contributed by atoms with E-state index in [9.17, 15) is 18.4 Å². The first-order valence-electron chi connectivity index (χ1n) is 8.14. The van der Waals surface area contributed by atoms with E-state index in [1.807, 2.05) is 0 Å². The number of halogens is 2. The summed E-state index contributed by atoms with van der Waals surface area (Å²) >= 11 is 0. The largest absolute Gasteiger partial charge is 0.481 e. The molecule has 0 bridgehead atoms. The van der Waals surface area contributed by atoms with Gasteiger partial charge in [0, 0.05) is 11.6 Å². The third-order valence-corrected chi connectivity index (χ3v) is 4.42. The van der Waals surface area contributed by atoms with Gasteiger partial charge in [-0.15, -0.1) is 0 Å². The molecule has 26 heavy (non-hydrogen) atoms. The van der Waals surface area contributed by atoms with Gasteiger partial charge in [0.1, 0.15) is 11.6 Å².